The molecule has 0 saturated heterocycles. The van der Waals surface area contributed by atoms with E-state index in [0.29, 0.717) is 0 Å². The number of nitrogens with zero attached hydrogens (tertiary/aromatic N) is 2. The molecule has 122 valence electrons. The van der Waals surface area contributed by atoms with Crippen LogP contribution in [0.15, 0.2) is 52.3 Å². The van der Waals surface area contributed by atoms with Crippen LogP contribution in [0.3, 0.4) is 0 Å². The molecule has 2 unspecified atom stereocenters. The molecule has 7 heteroatoms. The van der Waals surface area contributed by atoms with Crippen LogP contribution in [0, 0.1) is 0 Å². The first-order valence-electron chi connectivity index (χ1n) is 7.51. The molecule has 0 saturated carbocycles. The van der Waals surface area contributed by atoms with E-state index in [1.165, 1.54) is 0 Å². The highest BCUT2D eigenvalue weighted by Gasteiger charge is 2.29. The van der Waals surface area contributed by atoms with E-state index < -0.39 is 0 Å². The van der Waals surface area contributed by atoms with Gasteiger partial charge in [-0.3, -0.25) is 10.3 Å². The molecular weight excluding hydrogens is 360 g/mol. The second-order valence-corrected chi connectivity index (χ2v) is 7.70. The number of pyridine rings is 1. The lowest BCUT2D eigenvalue weighted by Gasteiger charge is -2.22. The molecular formula is C17H15ClN4S2. The molecule has 4 rings (SSSR count). The average molecular weight is 375 g/mol. The number of aromatic nitrogens is 1. The summed E-state index contributed by atoms with van der Waals surface area (Å²) in [6, 6.07) is 10.0. The third-order valence-corrected chi connectivity index (χ3v) is 6.11. The fourth-order valence-electron chi connectivity index (χ4n) is 2.77. The van der Waals surface area contributed by atoms with Gasteiger partial charge in [-0.2, -0.15) is 0 Å². The minimum Gasteiger partial charge on any atom is -0.352 e. The van der Waals surface area contributed by atoms with Gasteiger partial charge in [-0.25, -0.2) is 4.98 Å². The zero-order valence-electron chi connectivity index (χ0n) is 12.9. The van der Waals surface area contributed by atoms with Crippen molar-refractivity contribution in [3.05, 3.63) is 67.6 Å². The molecule has 24 heavy (non-hydrogen) atoms. The fraction of sp³-hybridized carbons (Fsp3) is 0.176. The summed E-state index contributed by atoms with van der Waals surface area (Å²) in [6.07, 6.45) is 1.73. The van der Waals surface area contributed by atoms with Gasteiger partial charge in [-0.05, 0) is 36.7 Å². The van der Waals surface area contributed by atoms with Crippen LogP contribution in [-0.2, 0) is 0 Å². The Hall–Kier alpha value is -1.73. The van der Waals surface area contributed by atoms with E-state index in [4.69, 9.17) is 16.6 Å². The second kappa shape index (κ2) is 6.64. The van der Waals surface area contributed by atoms with Crippen molar-refractivity contribution in [1.29, 1.82) is 0 Å². The number of hydrogen-bond donors (Lipinski definition) is 2. The van der Waals surface area contributed by atoms with Crippen LogP contribution >= 0.6 is 34.3 Å². The first-order valence-corrected chi connectivity index (χ1v) is 9.65. The Kier molecular flexibility index (Phi) is 4.37. The van der Waals surface area contributed by atoms with Crippen LogP contribution in [0.4, 0.5) is 5.82 Å². The van der Waals surface area contributed by atoms with E-state index in [-0.39, 0.29) is 12.2 Å². The van der Waals surface area contributed by atoms with Gasteiger partial charge < -0.3 is 5.32 Å². The molecule has 0 bridgehead atoms. The molecule has 0 radical (unpaired) electrons. The fourth-order valence-corrected chi connectivity index (χ4v) is 4.66. The predicted octanol–water partition coefficient (Wildman–Crippen LogP) is 4.41. The van der Waals surface area contributed by atoms with E-state index in [9.17, 15) is 0 Å². The number of rotatable bonds is 3. The summed E-state index contributed by atoms with van der Waals surface area (Å²) in [6.45, 7) is 0. The Morgan fingerprint density at radius 2 is 2.17 bits per heavy atom. The SMILES string of the molecule is CNC1Nc2ncccc2C(c2cccs2)=NC1c1cc(Cl)cs1. The number of halogens is 1. The van der Waals surface area contributed by atoms with Crippen LogP contribution in [0.1, 0.15) is 21.4 Å². The molecule has 3 aromatic heterocycles. The number of aliphatic imine (C=N–C) groups is 1. The van der Waals surface area contributed by atoms with Gasteiger partial charge >= 0.3 is 0 Å². The standard InChI is InChI=1S/C17H15ClN4S2/c1-19-17-15(13-8-10(18)9-24-13)21-14(12-5-3-7-23-12)11-4-2-6-20-16(11)22-17/h2-9,15,17,19H,1H3,(H,20,22). The van der Waals surface area contributed by atoms with Crippen molar-refractivity contribution in [3.63, 3.8) is 0 Å². The van der Waals surface area contributed by atoms with Gasteiger partial charge in [0.15, 0.2) is 0 Å². The van der Waals surface area contributed by atoms with Crippen molar-refractivity contribution in [2.45, 2.75) is 12.2 Å². The van der Waals surface area contributed by atoms with Crippen molar-refractivity contribution >= 4 is 45.8 Å². The summed E-state index contributed by atoms with van der Waals surface area (Å²) in [5.41, 5.74) is 1.98. The van der Waals surface area contributed by atoms with Crippen LogP contribution in [0.5, 0.6) is 0 Å². The lowest BCUT2D eigenvalue weighted by Crippen LogP contribution is -2.38. The molecule has 0 amide bonds. The highest BCUT2D eigenvalue weighted by molar-refractivity contribution is 7.12. The third kappa shape index (κ3) is 2.86. The van der Waals surface area contributed by atoms with Crippen molar-refractivity contribution < 1.29 is 0 Å². The van der Waals surface area contributed by atoms with Gasteiger partial charge in [0.05, 0.1) is 15.6 Å². The van der Waals surface area contributed by atoms with Crippen LogP contribution in [0.25, 0.3) is 0 Å². The van der Waals surface area contributed by atoms with Gasteiger partial charge in [-0.1, -0.05) is 17.7 Å². The zero-order valence-corrected chi connectivity index (χ0v) is 15.3. The topological polar surface area (TPSA) is 49.3 Å². The Labute approximate surface area is 153 Å². The number of anilines is 1. The summed E-state index contributed by atoms with van der Waals surface area (Å²) in [4.78, 5) is 11.9. The largest absolute Gasteiger partial charge is 0.352 e. The van der Waals surface area contributed by atoms with E-state index >= 15 is 0 Å². The quantitative estimate of drug-likeness (QED) is 0.714. The van der Waals surface area contributed by atoms with Gasteiger partial charge in [-0.15, -0.1) is 22.7 Å². The summed E-state index contributed by atoms with van der Waals surface area (Å²) >= 11 is 9.46. The summed E-state index contributed by atoms with van der Waals surface area (Å²) in [5, 5.41) is 11.6. The highest BCUT2D eigenvalue weighted by Crippen LogP contribution is 2.35. The molecule has 4 nitrogen and oxygen atoms in total. The Morgan fingerprint density at radius 3 is 2.88 bits per heavy atom. The Morgan fingerprint density at radius 1 is 1.25 bits per heavy atom. The molecule has 3 aromatic rings. The van der Waals surface area contributed by atoms with Crippen molar-refractivity contribution in [3.8, 4) is 0 Å². The average Bonchev–Trinajstić information content (AvgIpc) is 3.24. The Bertz CT molecular complexity index is 872. The maximum atomic E-state index is 6.15. The first-order chi connectivity index (χ1) is 11.8. The number of nitrogens with one attached hydrogen (secondary N) is 2. The van der Waals surface area contributed by atoms with Gasteiger partial charge in [0.2, 0.25) is 0 Å². The molecule has 1 aliphatic rings. The third-order valence-electron chi connectivity index (χ3n) is 3.88. The lowest BCUT2D eigenvalue weighted by atomic mass is 10.1. The van der Waals surface area contributed by atoms with Gasteiger partial charge in [0.1, 0.15) is 18.0 Å². The minimum absolute atomic E-state index is 0.0640. The zero-order chi connectivity index (χ0) is 16.5. The van der Waals surface area contributed by atoms with E-state index in [1.54, 1.807) is 28.9 Å². The molecule has 2 N–H and O–H groups in total. The summed E-state index contributed by atoms with van der Waals surface area (Å²) < 4.78 is 0. The molecule has 0 aromatic carbocycles. The van der Waals surface area contributed by atoms with Gasteiger partial charge in [0.25, 0.3) is 0 Å². The van der Waals surface area contributed by atoms with Crippen molar-refractivity contribution in [2.24, 2.45) is 4.99 Å². The number of fused-ring (bicyclic) bond motifs is 1. The maximum absolute atomic E-state index is 6.15. The normalized spacial score (nSPS) is 20.0. The molecule has 1 aliphatic heterocycles. The van der Waals surface area contributed by atoms with Crippen LogP contribution in [0.2, 0.25) is 5.02 Å². The second-order valence-electron chi connectivity index (χ2n) is 5.38. The van der Waals surface area contributed by atoms with E-state index in [0.717, 1.165) is 31.9 Å². The van der Waals surface area contributed by atoms with Crippen LogP contribution in [-0.4, -0.2) is 23.9 Å². The number of thiophene rings is 2. The van der Waals surface area contributed by atoms with Crippen molar-refractivity contribution in [1.82, 2.24) is 10.3 Å². The molecule has 2 atom stereocenters. The molecule has 0 fully saturated rings. The predicted molar refractivity (Wildman–Crippen MR) is 103 cm³/mol. The van der Waals surface area contributed by atoms with Crippen molar-refractivity contribution in [2.75, 3.05) is 12.4 Å². The first kappa shape index (κ1) is 15.8. The number of hydrogen-bond acceptors (Lipinski definition) is 6. The highest BCUT2D eigenvalue weighted by atomic mass is 35.5. The van der Waals surface area contributed by atoms with E-state index in [2.05, 4.69) is 33.1 Å². The molecule has 4 heterocycles. The lowest BCUT2D eigenvalue weighted by molar-refractivity contribution is 0.529. The molecule has 0 aliphatic carbocycles. The Balaban J connectivity index is 1.90. The van der Waals surface area contributed by atoms with E-state index in [1.807, 2.05) is 30.6 Å². The monoisotopic (exact) mass is 374 g/mol. The van der Waals surface area contributed by atoms with Gasteiger partial charge in [0, 0.05) is 22.0 Å². The molecule has 0 spiro atoms. The number of likely N-dealkylation sites (N-methyl/N-ethyl adjacent to an activating group) is 1. The summed E-state index contributed by atoms with van der Waals surface area (Å²) in [5.74, 6) is 0.842. The minimum atomic E-state index is -0.0844. The van der Waals surface area contributed by atoms with Crippen LogP contribution < -0.4 is 10.6 Å². The smallest absolute Gasteiger partial charge is 0.136 e. The summed E-state index contributed by atoms with van der Waals surface area (Å²) in [7, 11) is 1.92. The maximum Gasteiger partial charge on any atom is 0.136 e.